The Morgan fingerprint density at radius 1 is 1.21 bits per heavy atom. The minimum atomic E-state index is -0.435. The topological polar surface area (TPSA) is 45.2 Å². The molecule has 1 saturated heterocycles. The molecule has 28 heavy (non-hydrogen) atoms. The molecule has 0 spiro atoms. The summed E-state index contributed by atoms with van der Waals surface area (Å²) in [5.74, 6) is -0.788. The molecule has 2 aromatic carbocycles. The molecular weight excluding hydrogens is 397 g/mol. The molecule has 7 heteroatoms. The molecule has 0 saturated carbocycles. The van der Waals surface area contributed by atoms with Crippen molar-refractivity contribution in [3.63, 3.8) is 0 Å². The van der Waals surface area contributed by atoms with E-state index in [1.54, 1.807) is 19.1 Å². The summed E-state index contributed by atoms with van der Waals surface area (Å²) >= 11 is 7.33. The molecule has 0 aliphatic carbocycles. The molecule has 0 radical (unpaired) electrons. The van der Waals surface area contributed by atoms with Crippen LogP contribution < -0.4 is 10.2 Å². The van der Waals surface area contributed by atoms with Crippen molar-refractivity contribution in [3.8, 4) is 10.6 Å². The Bertz CT molecular complexity index is 1030. The van der Waals surface area contributed by atoms with Gasteiger partial charge in [-0.15, -0.1) is 11.3 Å². The summed E-state index contributed by atoms with van der Waals surface area (Å²) in [6.45, 7) is 3.51. The standard InChI is InChI=1S/C21H19ClFN3OS/c1-13-19(28-21(24-13)14-6-4-7-15(22)12-14)20(27)25-18-16(23)8-5-9-17(18)26-10-2-3-11-26/h4-9,12H,2-3,10-11H2,1H3,(H,25,27). The Balaban J connectivity index is 1.63. The Morgan fingerprint density at radius 2 is 1.96 bits per heavy atom. The molecule has 0 bridgehead atoms. The molecule has 1 fully saturated rings. The summed E-state index contributed by atoms with van der Waals surface area (Å²) in [6, 6.07) is 12.2. The highest BCUT2D eigenvalue weighted by atomic mass is 35.5. The highest BCUT2D eigenvalue weighted by Crippen LogP contribution is 2.34. The maximum atomic E-state index is 14.5. The summed E-state index contributed by atoms with van der Waals surface area (Å²) in [5, 5.41) is 4.09. The summed E-state index contributed by atoms with van der Waals surface area (Å²) in [6.07, 6.45) is 2.14. The second kappa shape index (κ2) is 7.89. The van der Waals surface area contributed by atoms with Crippen LogP contribution in [0.3, 0.4) is 0 Å². The summed E-state index contributed by atoms with van der Waals surface area (Å²) in [5.41, 5.74) is 2.41. The van der Waals surface area contributed by atoms with Crippen LogP contribution in [0.1, 0.15) is 28.2 Å². The van der Waals surface area contributed by atoms with E-state index in [1.165, 1.54) is 17.4 Å². The number of amides is 1. The number of nitrogens with one attached hydrogen (secondary N) is 1. The van der Waals surface area contributed by atoms with Crippen molar-refractivity contribution in [1.82, 2.24) is 4.98 Å². The van der Waals surface area contributed by atoms with E-state index >= 15 is 0 Å². The molecule has 1 aromatic heterocycles. The molecule has 2 heterocycles. The number of hydrogen-bond acceptors (Lipinski definition) is 4. The zero-order valence-corrected chi connectivity index (χ0v) is 16.9. The number of aromatic nitrogens is 1. The van der Waals surface area contributed by atoms with E-state index in [1.807, 2.05) is 24.3 Å². The molecule has 0 unspecified atom stereocenters. The first-order valence-electron chi connectivity index (χ1n) is 9.11. The van der Waals surface area contributed by atoms with Crippen LogP contribution in [-0.4, -0.2) is 24.0 Å². The van der Waals surface area contributed by atoms with E-state index in [9.17, 15) is 9.18 Å². The van der Waals surface area contributed by atoms with Gasteiger partial charge in [-0.1, -0.05) is 29.8 Å². The molecule has 144 valence electrons. The van der Waals surface area contributed by atoms with Gasteiger partial charge >= 0.3 is 0 Å². The first-order valence-corrected chi connectivity index (χ1v) is 10.3. The van der Waals surface area contributed by atoms with Gasteiger partial charge in [0.15, 0.2) is 0 Å². The predicted octanol–water partition coefficient (Wildman–Crippen LogP) is 5.76. The number of rotatable bonds is 4. The Hall–Kier alpha value is -2.44. The van der Waals surface area contributed by atoms with E-state index in [0.717, 1.165) is 37.2 Å². The highest BCUT2D eigenvalue weighted by Gasteiger charge is 2.22. The number of carbonyl (C=O) groups excluding carboxylic acids is 1. The number of anilines is 2. The van der Waals surface area contributed by atoms with Gasteiger partial charge < -0.3 is 10.2 Å². The lowest BCUT2D eigenvalue weighted by molar-refractivity contribution is 0.102. The van der Waals surface area contributed by atoms with Crippen LogP contribution in [0, 0.1) is 12.7 Å². The molecule has 4 nitrogen and oxygen atoms in total. The first kappa shape index (κ1) is 18.9. The Kier molecular flexibility index (Phi) is 5.33. The molecule has 0 atom stereocenters. The summed E-state index contributed by atoms with van der Waals surface area (Å²) < 4.78 is 14.5. The minimum Gasteiger partial charge on any atom is -0.370 e. The maximum absolute atomic E-state index is 14.5. The van der Waals surface area contributed by atoms with Crippen LogP contribution in [-0.2, 0) is 0 Å². The fourth-order valence-corrected chi connectivity index (χ4v) is 4.53. The number of halogens is 2. The van der Waals surface area contributed by atoms with Crippen LogP contribution >= 0.6 is 22.9 Å². The lowest BCUT2D eigenvalue weighted by Gasteiger charge is -2.21. The van der Waals surface area contributed by atoms with E-state index in [-0.39, 0.29) is 11.6 Å². The van der Waals surface area contributed by atoms with E-state index in [2.05, 4.69) is 15.2 Å². The van der Waals surface area contributed by atoms with Crippen molar-refractivity contribution in [2.75, 3.05) is 23.3 Å². The van der Waals surface area contributed by atoms with Crippen molar-refractivity contribution in [2.45, 2.75) is 19.8 Å². The van der Waals surface area contributed by atoms with Crippen LogP contribution in [0.25, 0.3) is 10.6 Å². The molecule has 3 aromatic rings. The fourth-order valence-electron chi connectivity index (χ4n) is 3.38. The molecular formula is C21H19ClFN3OS. The third kappa shape index (κ3) is 3.75. The normalized spacial score (nSPS) is 13.8. The molecule has 1 aliphatic rings. The van der Waals surface area contributed by atoms with Gasteiger partial charge in [0.05, 0.1) is 11.4 Å². The van der Waals surface area contributed by atoms with E-state index in [4.69, 9.17) is 11.6 Å². The number of benzene rings is 2. The second-order valence-corrected chi connectivity index (χ2v) is 8.16. The van der Waals surface area contributed by atoms with Crippen LogP contribution in [0.15, 0.2) is 42.5 Å². The quantitative estimate of drug-likeness (QED) is 0.588. The lowest BCUT2D eigenvalue weighted by Crippen LogP contribution is -2.22. The number of aryl methyl sites for hydroxylation is 1. The van der Waals surface area contributed by atoms with Crippen molar-refractivity contribution in [1.29, 1.82) is 0 Å². The van der Waals surface area contributed by atoms with Crippen LogP contribution in [0.2, 0.25) is 5.02 Å². The van der Waals surface area contributed by atoms with Gasteiger partial charge in [-0.05, 0) is 44.0 Å². The van der Waals surface area contributed by atoms with Crippen molar-refractivity contribution < 1.29 is 9.18 Å². The van der Waals surface area contributed by atoms with Gasteiger partial charge in [0.2, 0.25) is 0 Å². The second-order valence-electron chi connectivity index (χ2n) is 6.73. The van der Waals surface area contributed by atoms with Crippen molar-refractivity contribution >= 4 is 40.2 Å². The van der Waals surface area contributed by atoms with Gasteiger partial charge in [-0.25, -0.2) is 9.37 Å². The van der Waals surface area contributed by atoms with E-state index < -0.39 is 5.82 Å². The van der Waals surface area contributed by atoms with Gasteiger partial charge in [0.1, 0.15) is 21.4 Å². The number of carbonyl (C=O) groups is 1. The zero-order chi connectivity index (χ0) is 19.7. The number of thiazole rings is 1. The predicted molar refractivity (Wildman–Crippen MR) is 113 cm³/mol. The van der Waals surface area contributed by atoms with Crippen LogP contribution in [0.4, 0.5) is 15.8 Å². The fraction of sp³-hybridized carbons (Fsp3) is 0.238. The smallest absolute Gasteiger partial charge is 0.267 e. The number of nitrogens with zero attached hydrogens (tertiary/aromatic N) is 2. The molecule has 1 N–H and O–H groups in total. The third-order valence-electron chi connectivity index (χ3n) is 4.75. The monoisotopic (exact) mass is 415 g/mol. The summed E-state index contributed by atoms with van der Waals surface area (Å²) in [4.78, 5) is 20.0. The SMILES string of the molecule is Cc1nc(-c2cccc(Cl)c2)sc1C(=O)Nc1c(F)cccc1N1CCCC1. The van der Waals surface area contributed by atoms with Gasteiger partial charge in [0, 0.05) is 23.7 Å². The Morgan fingerprint density at radius 3 is 2.71 bits per heavy atom. The maximum Gasteiger partial charge on any atom is 0.267 e. The zero-order valence-electron chi connectivity index (χ0n) is 15.3. The number of para-hydroxylation sites is 1. The molecule has 1 aliphatic heterocycles. The largest absolute Gasteiger partial charge is 0.370 e. The van der Waals surface area contributed by atoms with Crippen LogP contribution in [0.5, 0.6) is 0 Å². The highest BCUT2D eigenvalue weighted by molar-refractivity contribution is 7.17. The van der Waals surface area contributed by atoms with Gasteiger partial charge in [0.25, 0.3) is 5.91 Å². The van der Waals surface area contributed by atoms with Gasteiger partial charge in [-0.2, -0.15) is 0 Å². The average molecular weight is 416 g/mol. The van der Waals surface area contributed by atoms with Crippen molar-refractivity contribution in [2.24, 2.45) is 0 Å². The third-order valence-corrected chi connectivity index (χ3v) is 6.19. The van der Waals surface area contributed by atoms with Crippen molar-refractivity contribution in [3.05, 3.63) is 63.9 Å². The average Bonchev–Trinajstić information content (AvgIpc) is 3.33. The molecule has 4 rings (SSSR count). The lowest BCUT2D eigenvalue weighted by atomic mass is 10.2. The van der Waals surface area contributed by atoms with E-state index in [0.29, 0.717) is 20.6 Å². The summed E-state index contributed by atoms with van der Waals surface area (Å²) in [7, 11) is 0. The number of hydrogen-bond donors (Lipinski definition) is 1. The Labute approximate surface area is 172 Å². The minimum absolute atomic E-state index is 0.228. The molecule has 1 amide bonds. The first-order chi connectivity index (χ1) is 13.5. The van der Waals surface area contributed by atoms with Gasteiger partial charge in [-0.3, -0.25) is 4.79 Å².